The van der Waals surface area contributed by atoms with E-state index in [9.17, 15) is 0 Å². The third-order valence-electron chi connectivity index (χ3n) is 3.02. The smallest absolute Gasteiger partial charge is 0.0593 e. The maximum Gasteiger partial charge on any atom is 0.0593 e. The van der Waals surface area contributed by atoms with Crippen molar-refractivity contribution in [1.82, 2.24) is 4.90 Å². The Kier molecular flexibility index (Phi) is 16.7. The lowest BCUT2D eigenvalue weighted by molar-refractivity contribution is 0.0650. The van der Waals surface area contributed by atoms with Crippen LogP contribution in [0.5, 0.6) is 0 Å². The molecule has 5 nitrogen and oxygen atoms in total. The molecule has 0 unspecified atom stereocenters. The van der Waals surface area contributed by atoms with E-state index in [1.165, 1.54) is 6.42 Å². The molecule has 0 saturated heterocycles. The number of aliphatic hydroxyl groups is 1. The lowest BCUT2D eigenvalue weighted by Gasteiger charge is -2.22. The SMILES string of the molecule is CCCCOCCN(CCCOC)CCOCCCO. The van der Waals surface area contributed by atoms with E-state index in [1.54, 1.807) is 7.11 Å². The van der Waals surface area contributed by atoms with Gasteiger partial charge in [-0.2, -0.15) is 0 Å². The van der Waals surface area contributed by atoms with Gasteiger partial charge in [0.2, 0.25) is 0 Å². The van der Waals surface area contributed by atoms with Crippen LogP contribution in [0.15, 0.2) is 0 Å². The van der Waals surface area contributed by atoms with Gasteiger partial charge in [-0.25, -0.2) is 0 Å². The molecule has 5 heteroatoms. The maximum atomic E-state index is 8.68. The number of nitrogens with zero attached hydrogens (tertiary/aromatic N) is 1. The van der Waals surface area contributed by atoms with Crippen LogP contribution in [0.1, 0.15) is 32.6 Å². The zero-order valence-corrected chi connectivity index (χ0v) is 13.3. The number of unbranched alkanes of at least 4 members (excludes halogenated alkanes) is 1. The minimum absolute atomic E-state index is 0.197. The average Bonchev–Trinajstić information content (AvgIpc) is 2.46. The fourth-order valence-corrected chi connectivity index (χ4v) is 1.77. The van der Waals surface area contributed by atoms with Crippen molar-refractivity contribution in [3.05, 3.63) is 0 Å². The normalized spacial score (nSPS) is 11.4. The van der Waals surface area contributed by atoms with Gasteiger partial charge in [-0.3, -0.25) is 4.90 Å². The summed E-state index contributed by atoms with van der Waals surface area (Å²) in [6.45, 7) is 9.00. The Labute approximate surface area is 124 Å². The van der Waals surface area contributed by atoms with Crippen molar-refractivity contribution in [3.8, 4) is 0 Å². The first-order chi connectivity index (χ1) is 9.85. The maximum absolute atomic E-state index is 8.68. The second-order valence-corrected chi connectivity index (χ2v) is 4.84. The Hall–Kier alpha value is -0.200. The molecule has 0 radical (unpaired) electrons. The van der Waals surface area contributed by atoms with Crippen LogP contribution in [-0.2, 0) is 14.2 Å². The quantitative estimate of drug-likeness (QED) is 0.437. The number of ether oxygens (including phenoxy) is 3. The molecule has 0 bridgehead atoms. The van der Waals surface area contributed by atoms with Crippen molar-refractivity contribution in [2.75, 3.05) is 66.4 Å². The number of methoxy groups -OCH3 is 1. The van der Waals surface area contributed by atoms with Gasteiger partial charge in [0.25, 0.3) is 0 Å². The molecular formula is C15H33NO4. The highest BCUT2D eigenvalue weighted by molar-refractivity contribution is 4.57. The molecule has 1 N–H and O–H groups in total. The summed E-state index contributed by atoms with van der Waals surface area (Å²) in [5.74, 6) is 0. The summed E-state index contributed by atoms with van der Waals surface area (Å²) in [4.78, 5) is 2.35. The lowest BCUT2D eigenvalue weighted by Crippen LogP contribution is -2.32. The third kappa shape index (κ3) is 14.2. The highest BCUT2D eigenvalue weighted by atomic mass is 16.5. The predicted molar refractivity (Wildman–Crippen MR) is 81.2 cm³/mol. The van der Waals surface area contributed by atoms with Crippen LogP contribution in [0, 0.1) is 0 Å². The van der Waals surface area contributed by atoms with Gasteiger partial charge in [0, 0.05) is 53.2 Å². The van der Waals surface area contributed by atoms with Gasteiger partial charge in [0.05, 0.1) is 13.2 Å². The first kappa shape index (κ1) is 19.8. The molecule has 0 aromatic rings. The molecule has 0 atom stereocenters. The minimum atomic E-state index is 0.197. The van der Waals surface area contributed by atoms with Crippen LogP contribution in [0.2, 0.25) is 0 Å². The topological polar surface area (TPSA) is 51.2 Å². The Morgan fingerprint density at radius 2 is 1.45 bits per heavy atom. The second kappa shape index (κ2) is 16.9. The zero-order chi connectivity index (χ0) is 14.9. The molecular weight excluding hydrogens is 258 g/mol. The van der Waals surface area contributed by atoms with Crippen LogP contribution < -0.4 is 0 Å². The van der Waals surface area contributed by atoms with Crippen LogP contribution >= 0.6 is 0 Å². The second-order valence-electron chi connectivity index (χ2n) is 4.84. The van der Waals surface area contributed by atoms with Gasteiger partial charge in [-0.15, -0.1) is 0 Å². The van der Waals surface area contributed by atoms with E-state index in [4.69, 9.17) is 19.3 Å². The van der Waals surface area contributed by atoms with E-state index in [1.807, 2.05) is 0 Å². The minimum Gasteiger partial charge on any atom is -0.396 e. The fourth-order valence-electron chi connectivity index (χ4n) is 1.77. The standard InChI is InChI=1S/C15H33NO4/c1-3-4-12-19-14-8-16(7-5-11-18-2)9-15-20-13-6-10-17/h17H,3-15H2,1-2H3. The summed E-state index contributed by atoms with van der Waals surface area (Å²) in [7, 11) is 1.73. The van der Waals surface area contributed by atoms with E-state index in [-0.39, 0.29) is 6.61 Å². The molecule has 0 saturated carbocycles. The van der Waals surface area contributed by atoms with Crippen molar-refractivity contribution in [2.45, 2.75) is 32.6 Å². The van der Waals surface area contributed by atoms with Crippen molar-refractivity contribution < 1.29 is 19.3 Å². The van der Waals surface area contributed by atoms with Crippen molar-refractivity contribution in [3.63, 3.8) is 0 Å². The first-order valence-corrected chi connectivity index (χ1v) is 7.82. The van der Waals surface area contributed by atoms with Crippen LogP contribution in [0.4, 0.5) is 0 Å². The van der Waals surface area contributed by atoms with Crippen LogP contribution in [-0.4, -0.2) is 76.4 Å². The Balaban J connectivity index is 3.64. The molecule has 0 fully saturated rings. The monoisotopic (exact) mass is 291 g/mol. The van der Waals surface area contributed by atoms with Gasteiger partial charge in [-0.05, 0) is 19.3 Å². The molecule has 122 valence electrons. The van der Waals surface area contributed by atoms with Crippen LogP contribution in [0.25, 0.3) is 0 Å². The Morgan fingerprint density at radius 3 is 2.00 bits per heavy atom. The van der Waals surface area contributed by atoms with Crippen molar-refractivity contribution in [2.24, 2.45) is 0 Å². The number of hydrogen-bond acceptors (Lipinski definition) is 5. The number of hydrogen-bond donors (Lipinski definition) is 1. The molecule has 20 heavy (non-hydrogen) atoms. The summed E-state index contributed by atoms with van der Waals surface area (Å²) < 4.78 is 16.2. The first-order valence-electron chi connectivity index (χ1n) is 7.82. The summed E-state index contributed by atoms with van der Waals surface area (Å²) in [5.41, 5.74) is 0. The predicted octanol–water partition coefficient (Wildman–Crippen LogP) is 1.54. The highest BCUT2D eigenvalue weighted by Gasteiger charge is 2.04. The van der Waals surface area contributed by atoms with Crippen molar-refractivity contribution in [1.29, 1.82) is 0 Å². The van der Waals surface area contributed by atoms with E-state index in [0.717, 1.165) is 52.3 Å². The van der Waals surface area contributed by atoms with Gasteiger partial charge in [-0.1, -0.05) is 13.3 Å². The highest BCUT2D eigenvalue weighted by Crippen LogP contribution is 1.95. The lowest BCUT2D eigenvalue weighted by atomic mass is 10.3. The number of aliphatic hydroxyl groups excluding tert-OH is 1. The molecule has 0 aromatic heterocycles. The Morgan fingerprint density at radius 1 is 0.800 bits per heavy atom. The zero-order valence-electron chi connectivity index (χ0n) is 13.3. The average molecular weight is 291 g/mol. The molecule has 0 aliphatic rings. The molecule has 0 rings (SSSR count). The molecule has 0 aliphatic carbocycles. The molecule has 0 aliphatic heterocycles. The van der Waals surface area contributed by atoms with E-state index in [2.05, 4.69) is 11.8 Å². The van der Waals surface area contributed by atoms with Crippen molar-refractivity contribution >= 4 is 0 Å². The third-order valence-corrected chi connectivity index (χ3v) is 3.02. The molecule has 0 heterocycles. The fraction of sp³-hybridized carbons (Fsp3) is 1.00. The molecule has 0 aromatic carbocycles. The van der Waals surface area contributed by atoms with Gasteiger partial charge >= 0.3 is 0 Å². The van der Waals surface area contributed by atoms with E-state index >= 15 is 0 Å². The largest absolute Gasteiger partial charge is 0.396 e. The number of rotatable bonds is 16. The van der Waals surface area contributed by atoms with Crippen LogP contribution in [0.3, 0.4) is 0 Å². The van der Waals surface area contributed by atoms with E-state index < -0.39 is 0 Å². The summed E-state index contributed by atoms with van der Waals surface area (Å²) in [6, 6.07) is 0. The Bertz CT molecular complexity index is 167. The van der Waals surface area contributed by atoms with Gasteiger partial charge in [0.15, 0.2) is 0 Å². The van der Waals surface area contributed by atoms with Gasteiger partial charge < -0.3 is 19.3 Å². The van der Waals surface area contributed by atoms with E-state index in [0.29, 0.717) is 19.6 Å². The summed E-state index contributed by atoms with van der Waals surface area (Å²) in [5, 5.41) is 8.68. The molecule has 0 spiro atoms. The molecule has 0 amide bonds. The summed E-state index contributed by atoms with van der Waals surface area (Å²) in [6.07, 6.45) is 4.05. The summed E-state index contributed by atoms with van der Waals surface area (Å²) >= 11 is 0. The van der Waals surface area contributed by atoms with Gasteiger partial charge in [0.1, 0.15) is 0 Å².